The lowest BCUT2D eigenvalue weighted by Crippen LogP contribution is -2.35. The van der Waals surface area contributed by atoms with Gasteiger partial charge in [-0.1, -0.05) is 0 Å². The number of rotatable bonds is 3. The van der Waals surface area contributed by atoms with E-state index in [2.05, 4.69) is 5.10 Å². The van der Waals surface area contributed by atoms with Gasteiger partial charge in [-0.3, -0.25) is 14.3 Å². The molecule has 2 amide bonds. The highest BCUT2D eigenvalue weighted by atomic mass is 16.2. The lowest BCUT2D eigenvalue weighted by Gasteiger charge is -2.24. The zero-order chi connectivity index (χ0) is 16.1. The molecule has 2 N–H and O–H groups in total. The standard InChI is InChI=1S/C16H24N4O2/c1-16(2,3)20-13(8-12(18-20)10-4-5-10)15(22)19-7-6-11(9-19)14(17)21/h8,10-11H,4-7,9H2,1-3H3,(H2,17,21)/t11-/m0/s1. The van der Waals surface area contributed by atoms with E-state index in [1.807, 2.05) is 31.5 Å². The van der Waals surface area contributed by atoms with Crippen molar-refractivity contribution >= 4 is 11.8 Å². The number of nitrogens with zero attached hydrogens (tertiary/aromatic N) is 3. The molecule has 0 spiro atoms. The predicted molar refractivity (Wildman–Crippen MR) is 82.4 cm³/mol. The molecule has 1 atom stereocenters. The van der Waals surface area contributed by atoms with Gasteiger partial charge in [0.1, 0.15) is 5.69 Å². The van der Waals surface area contributed by atoms with Gasteiger partial charge in [0.05, 0.1) is 17.2 Å². The number of hydrogen-bond donors (Lipinski definition) is 1. The van der Waals surface area contributed by atoms with E-state index in [1.54, 1.807) is 4.90 Å². The Balaban J connectivity index is 1.87. The number of amides is 2. The fourth-order valence-corrected chi connectivity index (χ4v) is 2.98. The zero-order valence-corrected chi connectivity index (χ0v) is 13.5. The van der Waals surface area contributed by atoms with Crippen LogP contribution in [0, 0.1) is 5.92 Å². The fraction of sp³-hybridized carbons (Fsp3) is 0.688. The van der Waals surface area contributed by atoms with Gasteiger partial charge in [-0.05, 0) is 46.1 Å². The van der Waals surface area contributed by atoms with Gasteiger partial charge in [0.25, 0.3) is 5.91 Å². The van der Waals surface area contributed by atoms with E-state index in [0.717, 1.165) is 18.5 Å². The summed E-state index contributed by atoms with van der Waals surface area (Å²) in [5.41, 5.74) is 6.75. The summed E-state index contributed by atoms with van der Waals surface area (Å²) in [5, 5.41) is 4.67. The van der Waals surface area contributed by atoms with Gasteiger partial charge >= 0.3 is 0 Å². The molecule has 6 nitrogen and oxygen atoms in total. The second-order valence-electron chi connectivity index (χ2n) is 7.45. The third-order valence-electron chi connectivity index (χ3n) is 4.46. The predicted octanol–water partition coefficient (Wildman–Crippen LogP) is 1.46. The van der Waals surface area contributed by atoms with Crippen LogP contribution in [0.15, 0.2) is 6.07 Å². The number of primary amides is 1. The van der Waals surface area contributed by atoms with Crippen LogP contribution in [0.25, 0.3) is 0 Å². The molecule has 1 aromatic rings. The molecule has 3 rings (SSSR count). The zero-order valence-electron chi connectivity index (χ0n) is 13.5. The molecule has 1 saturated carbocycles. The van der Waals surface area contributed by atoms with E-state index in [1.165, 1.54) is 0 Å². The Morgan fingerprint density at radius 3 is 2.45 bits per heavy atom. The van der Waals surface area contributed by atoms with Gasteiger partial charge < -0.3 is 10.6 Å². The molecule has 1 saturated heterocycles. The van der Waals surface area contributed by atoms with Crippen molar-refractivity contribution in [1.29, 1.82) is 0 Å². The summed E-state index contributed by atoms with van der Waals surface area (Å²) in [4.78, 5) is 25.9. The summed E-state index contributed by atoms with van der Waals surface area (Å²) in [5.74, 6) is -0.0821. The van der Waals surface area contributed by atoms with Gasteiger partial charge in [-0.2, -0.15) is 5.10 Å². The number of nitrogens with two attached hydrogens (primary N) is 1. The highest BCUT2D eigenvalue weighted by Gasteiger charge is 2.35. The van der Waals surface area contributed by atoms with E-state index in [9.17, 15) is 9.59 Å². The van der Waals surface area contributed by atoms with Crippen molar-refractivity contribution in [3.05, 3.63) is 17.5 Å². The Bertz CT molecular complexity index is 610. The Morgan fingerprint density at radius 1 is 1.27 bits per heavy atom. The van der Waals surface area contributed by atoms with E-state index in [4.69, 9.17) is 5.73 Å². The Kier molecular flexibility index (Phi) is 3.50. The van der Waals surface area contributed by atoms with Crippen molar-refractivity contribution in [1.82, 2.24) is 14.7 Å². The van der Waals surface area contributed by atoms with Crippen LogP contribution >= 0.6 is 0 Å². The summed E-state index contributed by atoms with van der Waals surface area (Å²) in [6.45, 7) is 7.14. The molecule has 1 aliphatic carbocycles. The first-order valence-electron chi connectivity index (χ1n) is 7.96. The van der Waals surface area contributed by atoms with Crippen LogP contribution in [-0.4, -0.2) is 39.6 Å². The molecule has 2 fully saturated rings. The topological polar surface area (TPSA) is 81.2 Å². The van der Waals surface area contributed by atoms with Crippen LogP contribution in [0.2, 0.25) is 0 Å². The third-order valence-corrected chi connectivity index (χ3v) is 4.46. The molecule has 2 aliphatic rings. The van der Waals surface area contributed by atoms with Gasteiger partial charge in [0, 0.05) is 19.0 Å². The molecular weight excluding hydrogens is 280 g/mol. The molecule has 2 heterocycles. The van der Waals surface area contributed by atoms with Crippen LogP contribution in [-0.2, 0) is 10.3 Å². The lowest BCUT2D eigenvalue weighted by molar-refractivity contribution is -0.121. The molecule has 0 radical (unpaired) electrons. The highest BCUT2D eigenvalue weighted by molar-refractivity contribution is 5.93. The van der Waals surface area contributed by atoms with Gasteiger partial charge in [-0.15, -0.1) is 0 Å². The smallest absolute Gasteiger partial charge is 0.272 e. The van der Waals surface area contributed by atoms with Crippen LogP contribution in [0.1, 0.15) is 62.1 Å². The SMILES string of the molecule is CC(C)(C)n1nc(C2CC2)cc1C(=O)N1CC[C@H](C(N)=O)C1. The summed E-state index contributed by atoms with van der Waals surface area (Å²) in [6, 6.07) is 1.93. The van der Waals surface area contributed by atoms with Crippen molar-refractivity contribution in [3.63, 3.8) is 0 Å². The fourth-order valence-electron chi connectivity index (χ4n) is 2.98. The second-order valence-corrected chi connectivity index (χ2v) is 7.45. The van der Waals surface area contributed by atoms with E-state index in [-0.39, 0.29) is 23.3 Å². The third kappa shape index (κ3) is 2.74. The summed E-state index contributed by atoms with van der Waals surface area (Å²) < 4.78 is 1.83. The van der Waals surface area contributed by atoms with Crippen LogP contribution in [0.4, 0.5) is 0 Å². The minimum atomic E-state index is -0.321. The summed E-state index contributed by atoms with van der Waals surface area (Å²) in [7, 11) is 0. The second kappa shape index (κ2) is 5.11. The maximum Gasteiger partial charge on any atom is 0.272 e. The average molecular weight is 304 g/mol. The monoisotopic (exact) mass is 304 g/mol. The quantitative estimate of drug-likeness (QED) is 0.918. The van der Waals surface area contributed by atoms with Crippen LogP contribution < -0.4 is 5.73 Å². The van der Waals surface area contributed by atoms with Crippen LogP contribution in [0.5, 0.6) is 0 Å². The van der Waals surface area contributed by atoms with Crippen molar-refractivity contribution in [3.8, 4) is 0 Å². The molecular formula is C16H24N4O2. The normalized spacial score (nSPS) is 22.1. The molecule has 1 aromatic heterocycles. The maximum atomic E-state index is 12.9. The Hall–Kier alpha value is -1.85. The Morgan fingerprint density at radius 2 is 1.95 bits per heavy atom. The molecule has 0 bridgehead atoms. The van der Waals surface area contributed by atoms with Crippen molar-refractivity contribution in [2.75, 3.05) is 13.1 Å². The average Bonchev–Trinajstić information content (AvgIpc) is 3.00. The number of hydrogen-bond acceptors (Lipinski definition) is 3. The number of aromatic nitrogens is 2. The van der Waals surface area contributed by atoms with E-state index in [0.29, 0.717) is 31.1 Å². The summed E-state index contributed by atoms with van der Waals surface area (Å²) >= 11 is 0. The minimum absolute atomic E-state index is 0.0434. The van der Waals surface area contributed by atoms with Crippen LogP contribution in [0.3, 0.4) is 0 Å². The molecule has 1 aliphatic heterocycles. The van der Waals surface area contributed by atoms with Gasteiger partial charge in [0.2, 0.25) is 5.91 Å². The molecule has 0 unspecified atom stereocenters. The molecule has 6 heteroatoms. The Labute approximate surface area is 130 Å². The van der Waals surface area contributed by atoms with Gasteiger partial charge in [0.15, 0.2) is 0 Å². The molecule has 0 aromatic carbocycles. The van der Waals surface area contributed by atoms with Crippen molar-refractivity contribution in [2.24, 2.45) is 11.7 Å². The number of carbonyl (C=O) groups excluding carboxylic acids is 2. The molecule has 120 valence electrons. The minimum Gasteiger partial charge on any atom is -0.369 e. The largest absolute Gasteiger partial charge is 0.369 e. The first-order chi connectivity index (χ1) is 10.3. The van der Waals surface area contributed by atoms with E-state index < -0.39 is 0 Å². The highest BCUT2D eigenvalue weighted by Crippen LogP contribution is 2.40. The summed E-state index contributed by atoms with van der Waals surface area (Å²) in [6.07, 6.45) is 2.96. The van der Waals surface area contributed by atoms with Gasteiger partial charge in [-0.25, -0.2) is 0 Å². The lowest BCUT2D eigenvalue weighted by atomic mass is 10.1. The first-order valence-corrected chi connectivity index (χ1v) is 7.96. The number of carbonyl (C=O) groups is 2. The molecule has 22 heavy (non-hydrogen) atoms. The maximum absolute atomic E-state index is 12.9. The van der Waals surface area contributed by atoms with E-state index >= 15 is 0 Å². The first kappa shape index (κ1) is 15.1. The number of likely N-dealkylation sites (tertiary alicyclic amines) is 1. The van der Waals surface area contributed by atoms with Crippen molar-refractivity contribution < 1.29 is 9.59 Å². The van der Waals surface area contributed by atoms with Crippen molar-refractivity contribution in [2.45, 2.75) is 51.5 Å².